The summed E-state index contributed by atoms with van der Waals surface area (Å²) in [5.41, 5.74) is 7.55. The largest absolute Gasteiger partial charge is 0.464 e. The average molecular weight is 318 g/mol. The number of ether oxygens (including phenoxy) is 1. The van der Waals surface area contributed by atoms with Gasteiger partial charge in [0.15, 0.2) is 5.69 Å². The molecule has 0 atom stereocenters. The Bertz CT molecular complexity index is 749. The minimum Gasteiger partial charge on any atom is -0.464 e. The Kier molecular flexibility index (Phi) is 4.88. The Morgan fingerprint density at radius 2 is 2.13 bits per heavy atom. The third kappa shape index (κ3) is 3.44. The van der Waals surface area contributed by atoms with Gasteiger partial charge in [-0.2, -0.15) is 0 Å². The Morgan fingerprint density at radius 3 is 2.70 bits per heavy atom. The Balaban J connectivity index is 2.73. The minimum atomic E-state index is -0.519. The highest BCUT2D eigenvalue weighted by Crippen LogP contribution is 2.32. The molecule has 0 saturated carbocycles. The first-order valence-electron chi connectivity index (χ1n) is 7.48. The predicted octanol–water partition coefficient (Wildman–Crippen LogP) is 2.41. The molecular formula is C16H22N4O3. The molecule has 2 heterocycles. The number of aromatic nitrogens is 2. The van der Waals surface area contributed by atoms with Crippen molar-refractivity contribution in [3.8, 4) is 0 Å². The maximum absolute atomic E-state index is 12.3. The number of hydrogen-bond acceptors (Lipinski definition) is 5. The summed E-state index contributed by atoms with van der Waals surface area (Å²) in [6.07, 6.45) is 2.39. The number of rotatable bonds is 5. The van der Waals surface area contributed by atoms with Gasteiger partial charge in [0.05, 0.1) is 24.7 Å². The first-order chi connectivity index (χ1) is 10.8. The van der Waals surface area contributed by atoms with Gasteiger partial charge in [-0.3, -0.25) is 4.79 Å². The third-order valence-electron chi connectivity index (χ3n) is 3.53. The molecule has 124 valence electrons. The summed E-state index contributed by atoms with van der Waals surface area (Å²) in [5.74, 6) is -0.342. The van der Waals surface area contributed by atoms with Crippen LogP contribution in [-0.2, 0) is 16.1 Å². The smallest absolute Gasteiger partial charge is 0.356 e. The summed E-state index contributed by atoms with van der Waals surface area (Å²) >= 11 is 0. The number of nitrogens with zero attached hydrogens (tertiary/aromatic N) is 2. The van der Waals surface area contributed by atoms with Crippen molar-refractivity contribution in [2.75, 3.05) is 18.2 Å². The molecule has 7 heteroatoms. The molecule has 2 rings (SSSR count). The number of pyridine rings is 1. The van der Waals surface area contributed by atoms with E-state index in [-0.39, 0.29) is 11.6 Å². The SMILES string of the molecule is COC(=O)c1c(NC(C)=O)c2cc(N)cnc2n1CCC(C)C. The molecule has 0 spiro atoms. The Labute approximate surface area is 134 Å². The molecule has 23 heavy (non-hydrogen) atoms. The van der Waals surface area contributed by atoms with Gasteiger partial charge >= 0.3 is 5.97 Å². The maximum Gasteiger partial charge on any atom is 0.356 e. The normalized spacial score (nSPS) is 11.0. The van der Waals surface area contributed by atoms with Crippen molar-refractivity contribution in [1.82, 2.24) is 9.55 Å². The van der Waals surface area contributed by atoms with Crippen LogP contribution >= 0.6 is 0 Å². The molecule has 2 aromatic rings. The lowest BCUT2D eigenvalue weighted by Crippen LogP contribution is -2.16. The highest BCUT2D eigenvalue weighted by Gasteiger charge is 2.25. The molecular weight excluding hydrogens is 296 g/mol. The molecule has 0 bridgehead atoms. The van der Waals surface area contributed by atoms with Crippen LogP contribution in [-0.4, -0.2) is 28.5 Å². The van der Waals surface area contributed by atoms with Crippen LogP contribution in [0, 0.1) is 5.92 Å². The number of nitrogens with one attached hydrogen (secondary N) is 1. The summed E-state index contributed by atoms with van der Waals surface area (Å²) in [6.45, 7) is 6.18. The number of methoxy groups -OCH3 is 1. The molecule has 0 aliphatic carbocycles. The quantitative estimate of drug-likeness (QED) is 0.825. The van der Waals surface area contributed by atoms with Gasteiger partial charge < -0.3 is 20.4 Å². The zero-order valence-corrected chi connectivity index (χ0v) is 13.8. The first-order valence-corrected chi connectivity index (χ1v) is 7.48. The van der Waals surface area contributed by atoms with Crippen LogP contribution in [0.4, 0.5) is 11.4 Å². The minimum absolute atomic E-state index is 0.277. The van der Waals surface area contributed by atoms with Crippen LogP contribution in [0.3, 0.4) is 0 Å². The van der Waals surface area contributed by atoms with E-state index < -0.39 is 5.97 Å². The van der Waals surface area contributed by atoms with Gasteiger partial charge in [0.1, 0.15) is 5.65 Å². The fourth-order valence-electron chi connectivity index (χ4n) is 2.46. The van der Waals surface area contributed by atoms with E-state index in [9.17, 15) is 9.59 Å². The highest BCUT2D eigenvalue weighted by molar-refractivity contribution is 6.10. The van der Waals surface area contributed by atoms with Gasteiger partial charge in [-0.1, -0.05) is 13.8 Å². The van der Waals surface area contributed by atoms with Crippen molar-refractivity contribution in [3.05, 3.63) is 18.0 Å². The molecule has 0 unspecified atom stereocenters. The molecule has 7 nitrogen and oxygen atoms in total. The van der Waals surface area contributed by atoms with E-state index in [1.54, 1.807) is 10.6 Å². The van der Waals surface area contributed by atoms with E-state index in [1.807, 2.05) is 0 Å². The standard InChI is InChI=1S/C16H22N4O3/c1-9(2)5-6-20-14(16(22)23-4)13(19-10(3)21)12-7-11(17)8-18-15(12)20/h7-9H,5-6,17H2,1-4H3,(H,19,21). The average Bonchev–Trinajstić information content (AvgIpc) is 2.77. The van der Waals surface area contributed by atoms with Crippen LogP contribution in [0.25, 0.3) is 11.0 Å². The highest BCUT2D eigenvalue weighted by atomic mass is 16.5. The van der Waals surface area contributed by atoms with Crippen molar-refractivity contribution in [3.63, 3.8) is 0 Å². The van der Waals surface area contributed by atoms with Gasteiger partial charge in [0.25, 0.3) is 0 Å². The molecule has 1 amide bonds. The number of nitrogens with two attached hydrogens (primary N) is 1. The summed E-state index contributed by atoms with van der Waals surface area (Å²) in [5, 5.41) is 3.34. The lowest BCUT2D eigenvalue weighted by Gasteiger charge is -2.11. The van der Waals surface area contributed by atoms with Gasteiger partial charge in [0.2, 0.25) is 5.91 Å². The number of esters is 1. The number of anilines is 2. The van der Waals surface area contributed by atoms with Gasteiger partial charge in [-0.15, -0.1) is 0 Å². The van der Waals surface area contributed by atoms with Crippen LogP contribution in [0.5, 0.6) is 0 Å². The van der Waals surface area contributed by atoms with Gasteiger partial charge in [-0.05, 0) is 18.4 Å². The van der Waals surface area contributed by atoms with Crippen molar-refractivity contribution in [2.24, 2.45) is 5.92 Å². The van der Waals surface area contributed by atoms with E-state index >= 15 is 0 Å². The van der Waals surface area contributed by atoms with Crippen molar-refractivity contribution >= 4 is 34.3 Å². The molecule has 0 radical (unpaired) electrons. The van der Waals surface area contributed by atoms with Crippen molar-refractivity contribution in [2.45, 2.75) is 33.7 Å². The molecule has 0 aliphatic rings. The second-order valence-corrected chi connectivity index (χ2v) is 5.87. The van der Waals surface area contributed by atoms with Crippen LogP contribution in [0.2, 0.25) is 0 Å². The number of aryl methyl sites for hydroxylation is 1. The number of fused-ring (bicyclic) bond motifs is 1. The van der Waals surface area contributed by atoms with E-state index in [2.05, 4.69) is 24.1 Å². The molecule has 3 N–H and O–H groups in total. The van der Waals surface area contributed by atoms with E-state index in [1.165, 1.54) is 20.2 Å². The van der Waals surface area contributed by atoms with Crippen LogP contribution in [0.15, 0.2) is 12.3 Å². The number of hydrogen-bond donors (Lipinski definition) is 2. The molecule has 0 saturated heterocycles. The van der Waals surface area contributed by atoms with E-state index in [0.29, 0.717) is 34.9 Å². The number of amides is 1. The first kappa shape index (κ1) is 16.8. The second kappa shape index (κ2) is 6.68. The van der Waals surface area contributed by atoms with Crippen LogP contribution in [0.1, 0.15) is 37.7 Å². The number of carbonyl (C=O) groups excluding carboxylic acids is 2. The van der Waals surface area contributed by atoms with Gasteiger partial charge in [-0.25, -0.2) is 9.78 Å². The Morgan fingerprint density at radius 1 is 1.43 bits per heavy atom. The molecule has 0 aliphatic heterocycles. The lowest BCUT2D eigenvalue weighted by atomic mass is 10.1. The summed E-state index contributed by atoms with van der Waals surface area (Å²) < 4.78 is 6.68. The Hall–Kier alpha value is -2.57. The topological polar surface area (TPSA) is 99.2 Å². The monoisotopic (exact) mass is 318 g/mol. The third-order valence-corrected chi connectivity index (χ3v) is 3.53. The summed E-state index contributed by atoms with van der Waals surface area (Å²) in [6, 6.07) is 1.70. The van der Waals surface area contributed by atoms with Crippen molar-refractivity contribution < 1.29 is 14.3 Å². The molecule has 0 fully saturated rings. The zero-order valence-electron chi connectivity index (χ0n) is 13.8. The number of carbonyl (C=O) groups is 2. The predicted molar refractivity (Wildman–Crippen MR) is 89.2 cm³/mol. The van der Waals surface area contributed by atoms with Gasteiger partial charge in [0, 0.05) is 18.9 Å². The fourth-order valence-corrected chi connectivity index (χ4v) is 2.46. The maximum atomic E-state index is 12.3. The van der Waals surface area contributed by atoms with E-state index in [4.69, 9.17) is 10.5 Å². The van der Waals surface area contributed by atoms with Crippen molar-refractivity contribution in [1.29, 1.82) is 0 Å². The zero-order chi connectivity index (χ0) is 17.1. The second-order valence-electron chi connectivity index (χ2n) is 5.87. The summed E-state index contributed by atoms with van der Waals surface area (Å²) in [7, 11) is 1.31. The lowest BCUT2D eigenvalue weighted by molar-refractivity contribution is -0.114. The number of nitrogen functional groups attached to an aromatic ring is 1. The molecule has 0 aromatic carbocycles. The fraction of sp³-hybridized carbons (Fsp3) is 0.438. The summed E-state index contributed by atoms with van der Waals surface area (Å²) in [4.78, 5) is 28.2. The molecule has 2 aromatic heterocycles. The van der Waals surface area contributed by atoms with E-state index in [0.717, 1.165) is 6.42 Å². The van der Waals surface area contributed by atoms with Crippen LogP contribution < -0.4 is 11.1 Å².